The fourth-order valence-corrected chi connectivity index (χ4v) is 5.55. The highest BCUT2D eigenvalue weighted by molar-refractivity contribution is 5.99. The van der Waals surface area contributed by atoms with E-state index in [1.807, 2.05) is 22.8 Å². The molecule has 3 fully saturated rings. The second kappa shape index (κ2) is 10.2. The number of hydrogen-bond donors (Lipinski definition) is 1. The SMILES string of the molecule is O=C(NCC1CCCCC1)c1cn(C2CC2)cc(C(=O)N2CCC[C@@H](c3ccccc3)C2)c1=O. The summed E-state index contributed by atoms with van der Waals surface area (Å²) in [4.78, 5) is 41.8. The van der Waals surface area contributed by atoms with Crippen LogP contribution in [0.1, 0.15) is 96.0 Å². The van der Waals surface area contributed by atoms with Crippen LogP contribution in [0.25, 0.3) is 0 Å². The van der Waals surface area contributed by atoms with Crippen LogP contribution in [-0.4, -0.2) is 40.9 Å². The van der Waals surface area contributed by atoms with Gasteiger partial charge < -0.3 is 14.8 Å². The third-order valence-electron chi connectivity index (χ3n) is 7.74. The molecule has 3 aliphatic rings. The van der Waals surface area contributed by atoms with Crippen molar-refractivity contribution in [1.82, 2.24) is 14.8 Å². The van der Waals surface area contributed by atoms with Crippen LogP contribution in [0.15, 0.2) is 47.5 Å². The van der Waals surface area contributed by atoms with Crippen LogP contribution in [0.2, 0.25) is 0 Å². The lowest BCUT2D eigenvalue weighted by molar-refractivity contribution is 0.0705. The first kappa shape index (κ1) is 22.9. The van der Waals surface area contributed by atoms with Gasteiger partial charge in [-0.3, -0.25) is 14.4 Å². The van der Waals surface area contributed by atoms with E-state index in [0.29, 0.717) is 25.6 Å². The molecule has 0 unspecified atom stereocenters. The molecule has 1 saturated heterocycles. The minimum Gasteiger partial charge on any atom is -0.352 e. The van der Waals surface area contributed by atoms with Gasteiger partial charge in [0, 0.05) is 44.0 Å². The first-order chi connectivity index (χ1) is 16.6. The van der Waals surface area contributed by atoms with Gasteiger partial charge in [0.2, 0.25) is 5.43 Å². The van der Waals surface area contributed by atoms with Crippen molar-refractivity contribution < 1.29 is 9.59 Å². The molecule has 180 valence electrons. The Bertz CT molecular complexity index is 1080. The monoisotopic (exact) mass is 461 g/mol. The van der Waals surface area contributed by atoms with Gasteiger partial charge >= 0.3 is 0 Å². The van der Waals surface area contributed by atoms with Crippen LogP contribution in [0, 0.1) is 5.92 Å². The number of amides is 2. The normalized spacial score (nSPS) is 21.3. The van der Waals surface area contributed by atoms with Crippen molar-refractivity contribution in [3.63, 3.8) is 0 Å². The number of piperidine rings is 1. The minimum atomic E-state index is -0.440. The number of pyridine rings is 1. The number of rotatable bonds is 6. The summed E-state index contributed by atoms with van der Waals surface area (Å²) in [5.41, 5.74) is 1.02. The lowest BCUT2D eigenvalue weighted by atomic mass is 9.89. The molecular formula is C28H35N3O3. The molecule has 2 amide bonds. The van der Waals surface area contributed by atoms with Crippen molar-refractivity contribution in [2.75, 3.05) is 19.6 Å². The summed E-state index contributed by atoms with van der Waals surface area (Å²) in [6.07, 6.45) is 13.2. The molecule has 5 rings (SSSR count). The van der Waals surface area contributed by atoms with Gasteiger partial charge in [-0.25, -0.2) is 0 Å². The van der Waals surface area contributed by atoms with E-state index >= 15 is 0 Å². The van der Waals surface area contributed by atoms with Crippen molar-refractivity contribution >= 4 is 11.8 Å². The Hall–Kier alpha value is -2.89. The second-order valence-corrected chi connectivity index (χ2v) is 10.3. The molecule has 6 nitrogen and oxygen atoms in total. The zero-order valence-electron chi connectivity index (χ0n) is 19.9. The average molecular weight is 462 g/mol. The first-order valence-corrected chi connectivity index (χ1v) is 13.0. The van der Waals surface area contributed by atoms with Gasteiger partial charge in [0.15, 0.2) is 0 Å². The highest BCUT2D eigenvalue weighted by atomic mass is 16.2. The van der Waals surface area contributed by atoms with Crippen LogP contribution >= 0.6 is 0 Å². The van der Waals surface area contributed by atoms with E-state index in [-0.39, 0.29) is 34.9 Å². The summed E-state index contributed by atoms with van der Waals surface area (Å²) in [6.45, 7) is 1.84. The molecule has 1 atom stereocenters. The van der Waals surface area contributed by atoms with Gasteiger partial charge in [-0.05, 0) is 50.0 Å². The Balaban J connectivity index is 1.36. The number of benzene rings is 1. The van der Waals surface area contributed by atoms with E-state index < -0.39 is 5.43 Å². The summed E-state index contributed by atoms with van der Waals surface area (Å²) in [6, 6.07) is 10.5. The molecule has 1 aliphatic heterocycles. The van der Waals surface area contributed by atoms with E-state index in [1.165, 1.54) is 24.8 Å². The molecule has 2 saturated carbocycles. The van der Waals surface area contributed by atoms with E-state index in [2.05, 4.69) is 17.4 Å². The number of aromatic nitrogens is 1. The molecule has 2 aliphatic carbocycles. The number of nitrogens with one attached hydrogen (secondary N) is 1. The lowest BCUT2D eigenvalue weighted by Gasteiger charge is -2.33. The summed E-state index contributed by atoms with van der Waals surface area (Å²) in [5.74, 6) is 0.158. The summed E-state index contributed by atoms with van der Waals surface area (Å²) in [7, 11) is 0. The summed E-state index contributed by atoms with van der Waals surface area (Å²) >= 11 is 0. The molecule has 6 heteroatoms. The molecule has 0 radical (unpaired) electrons. The van der Waals surface area contributed by atoms with Gasteiger partial charge in [-0.2, -0.15) is 0 Å². The Morgan fingerprint density at radius 3 is 2.35 bits per heavy atom. The molecular weight excluding hydrogens is 426 g/mol. The maximum absolute atomic E-state index is 13.6. The zero-order chi connectivity index (χ0) is 23.5. The molecule has 2 aromatic rings. The van der Waals surface area contributed by atoms with Crippen molar-refractivity contribution in [3.8, 4) is 0 Å². The fraction of sp³-hybridized carbons (Fsp3) is 0.536. The Morgan fingerprint density at radius 1 is 0.882 bits per heavy atom. The van der Waals surface area contributed by atoms with Crippen LogP contribution in [0.3, 0.4) is 0 Å². The number of hydrogen-bond acceptors (Lipinski definition) is 3. The van der Waals surface area contributed by atoms with Crippen LogP contribution in [0.5, 0.6) is 0 Å². The topological polar surface area (TPSA) is 71.4 Å². The van der Waals surface area contributed by atoms with Gasteiger partial charge in [0.25, 0.3) is 11.8 Å². The Labute approximate surface area is 201 Å². The number of carbonyl (C=O) groups excluding carboxylic acids is 2. The molecule has 0 bridgehead atoms. The molecule has 34 heavy (non-hydrogen) atoms. The van der Waals surface area contributed by atoms with E-state index in [1.54, 1.807) is 17.3 Å². The minimum absolute atomic E-state index is 0.102. The molecule has 1 N–H and O–H groups in total. The highest BCUT2D eigenvalue weighted by Crippen LogP contribution is 2.35. The first-order valence-electron chi connectivity index (χ1n) is 13.0. The largest absolute Gasteiger partial charge is 0.352 e. The van der Waals surface area contributed by atoms with Gasteiger partial charge in [0.05, 0.1) is 0 Å². The standard InChI is InChI=1S/C28H35N3O3/c32-26-24(27(33)29-16-20-8-3-1-4-9-20)18-31(23-13-14-23)19-25(26)28(34)30-15-7-12-22(17-30)21-10-5-2-6-11-21/h2,5-6,10-11,18-20,22-23H,1,3-4,7-9,12-17H2,(H,29,33)/t22-/m1/s1. The highest BCUT2D eigenvalue weighted by Gasteiger charge is 2.31. The predicted octanol–water partition coefficient (Wildman–Crippen LogP) is 4.51. The number of nitrogens with zero attached hydrogens (tertiary/aromatic N) is 2. The summed E-state index contributed by atoms with van der Waals surface area (Å²) < 4.78 is 1.92. The van der Waals surface area contributed by atoms with Gasteiger partial charge in [-0.15, -0.1) is 0 Å². The fourth-order valence-electron chi connectivity index (χ4n) is 5.55. The smallest absolute Gasteiger partial charge is 0.259 e. The van der Waals surface area contributed by atoms with Gasteiger partial charge in [-0.1, -0.05) is 49.6 Å². The van der Waals surface area contributed by atoms with E-state index in [0.717, 1.165) is 38.5 Å². The molecule has 2 heterocycles. The van der Waals surface area contributed by atoms with Crippen LogP contribution < -0.4 is 10.7 Å². The maximum Gasteiger partial charge on any atom is 0.259 e. The predicted molar refractivity (Wildman–Crippen MR) is 132 cm³/mol. The molecule has 1 aromatic heterocycles. The van der Waals surface area contributed by atoms with Crippen LogP contribution in [0.4, 0.5) is 0 Å². The number of likely N-dealkylation sites (tertiary alicyclic amines) is 1. The third kappa shape index (κ3) is 5.11. The third-order valence-corrected chi connectivity index (χ3v) is 7.74. The van der Waals surface area contributed by atoms with Gasteiger partial charge in [0.1, 0.15) is 11.1 Å². The Kier molecular flexibility index (Phi) is 6.84. The lowest BCUT2D eigenvalue weighted by Crippen LogP contribution is -2.42. The average Bonchev–Trinajstić information content (AvgIpc) is 3.74. The number of carbonyl (C=O) groups is 2. The zero-order valence-corrected chi connectivity index (χ0v) is 19.9. The van der Waals surface area contributed by atoms with Crippen molar-refractivity contribution in [2.45, 2.75) is 69.7 Å². The van der Waals surface area contributed by atoms with Crippen molar-refractivity contribution in [2.24, 2.45) is 5.92 Å². The van der Waals surface area contributed by atoms with E-state index in [4.69, 9.17) is 0 Å². The van der Waals surface area contributed by atoms with Crippen molar-refractivity contribution in [3.05, 3.63) is 69.6 Å². The van der Waals surface area contributed by atoms with E-state index in [9.17, 15) is 14.4 Å². The summed E-state index contributed by atoms with van der Waals surface area (Å²) in [5, 5.41) is 2.99. The second-order valence-electron chi connectivity index (χ2n) is 10.3. The quantitative estimate of drug-likeness (QED) is 0.688. The molecule has 0 spiro atoms. The molecule has 1 aromatic carbocycles. The Morgan fingerprint density at radius 2 is 1.62 bits per heavy atom. The van der Waals surface area contributed by atoms with Crippen LogP contribution in [-0.2, 0) is 0 Å². The van der Waals surface area contributed by atoms with Crippen molar-refractivity contribution in [1.29, 1.82) is 0 Å². The maximum atomic E-state index is 13.6.